The van der Waals surface area contributed by atoms with Gasteiger partial charge in [0.15, 0.2) is 15.6 Å². The molecular weight excluding hydrogens is 232 g/mol. The van der Waals surface area contributed by atoms with Crippen LogP contribution in [0.4, 0.5) is 0 Å². The number of hydrogen-bond acceptors (Lipinski definition) is 4. The van der Waals surface area contributed by atoms with Gasteiger partial charge in [-0.15, -0.1) is 11.8 Å². The Morgan fingerprint density at radius 2 is 1.93 bits per heavy atom. The number of ketones is 1. The van der Waals surface area contributed by atoms with E-state index in [-0.39, 0.29) is 10.7 Å². The van der Waals surface area contributed by atoms with Crippen molar-refractivity contribution < 1.29 is 13.2 Å². The van der Waals surface area contributed by atoms with Crippen LogP contribution in [0.2, 0.25) is 0 Å². The molecule has 0 radical (unpaired) electrons. The second-order valence-corrected chi connectivity index (χ2v) is 6.03. The maximum atomic E-state index is 11.4. The molecular formula is C10H12O3S2. The molecule has 0 aromatic heterocycles. The molecule has 1 aromatic rings. The highest BCUT2D eigenvalue weighted by atomic mass is 32.2. The molecule has 0 spiro atoms. The van der Waals surface area contributed by atoms with E-state index in [1.165, 1.54) is 24.8 Å². The monoisotopic (exact) mass is 244 g/mol. The van der Waals surface area contributed by atoms with Crippen molar-refractivity contribution in [1.29, 1.82) is 0 Å². The molecule has 0 saturated heterocycles. The number of sulfone groups is 1. The lowest BCUT2D eigenvalue weighted by atomic mass is 10.1. The van der Waals surface area contributed by atoms with Crippen LogP contribution in [-0.4, -0.2) is 26.7 Å². The van der Waals surface area contributed by atoms with Crippen LogP contribution >= 0.6 is 11.8 Å². The van der Waals surface area contributed by atoms with Crippen molar-refractivity contribution in [3.8, 4) is 0 Å². The summed E-state index contributed by atoms with van der Waals surface area (Å²) in [5.74, 6) is -0.0645. The molecule has 0 aliphatic carbocycles. The normalized spacial score (nSPS) is 11.4. The van der Waals surface area contributed by atoms with Gasteiger partial charge in [0.25, 0.3) is 0 Å². The molecule has 0 aliphatic heterocycles. The molecule has 0 bridgehead atoms. The Kier molecular flexibility index (Phi) is 3.57. The summed E-state index contributed by atoms with van der Waals surface area (Å²) in [6.07, 6.45) is 2.95. The highest BCUT2D eigenvalue weighted by Gasteiger charge is 2.14. The summed E-state index contributed by atoms with van der Waals surface area (Å²) in [4.78, 5) is 12.0. The SMILES string of the molecule is CSc1cc(C(C)=O)ccc1S(C)(=O)=O. The topological polar surface area (TPSA) is 51.2 Å². The van der Waals surface area contributed by atoms with Crippen molar-refractivity contribution in [2.24, 2.45) is 0 Å². The van der Waals surface area contributed by atoms with Gasteiger partial charge in [0.1, 0.15) is 0 Å². The molecule has 0 heterocycles. The average Bonchev–Trinajstić information content (AvgIpc) is 2.15. The highest BCUT2D eigenvalue weighted by molar-refractivity contribution is 7.99. The minimum Gasteiger partial charge on any atom is -0.295 e. The van der Waals surface area contributed by atoms with Gasteiger partial charge < -0.3 is 0 Å². The van der Waals surface area contributed by atoms with Crippen LogP contribution in [-0.2, 0) is 9.84 Å². The van der Waals surface area contributed by atoms with Crippen molar-refractivity contribution in [2.75, 3.05) is 12.5 Å². The van der Waals surface area contributed by atoms with Crippen LogP contribution in [0.25, 0.3) is 0 Å². The van der Waals surface area contributed by atoms with Crippen LogP contribution in [0.1, 0.15) is 17.3 Å². The van der Waals surface area contributed by atoms with E-state index in [2.05, 4.69) is 0 Å². The van der Waals surface area contributed by atoms with Crippen molar-refractivity contribution in [3.63, 3.8) is 0 Å². The first-order valence-corrected chi connectivity index (χ1v) is 7.37. The van der Waals surface area contributed by atoms with Crippen LogP contribution < -0.4 is 0 Å². The van der Waals surface area contributed by atoms with Crippen molar-refractivity contribution in [1.82, 2.24) is 0 Å². The quantitative estimate of drug-likeness (QED) is 0.603. The first kappa shape index (κ1) is 12.3. The summed E-state index contributed by atoms with van der Waals surface area (Å²) < 4.78 is 22.8. The molecule has 0 fully saturated rings. The minimum atomic E-state index is -3.22. The first-order valence-electron chi connectivity index (χ1n) is 4.25. The van der Waals surface area contributed by atoms with E-state index in [0.29, 0.717) is 10.5 Å². The zero-order valence-electron chi connectivity index (χ0n) is 8.77. The number of carbonyl (C=O) groups excluding carboxylic acids is 1. The van der Waals surface area contributed by atoms with Crippen molar-refractivity contribution >= 4 is 27.4 Å². The van der Waals surface area contributed by atoms with Gasteiger partial charge in [-0.05, 0) is 25.3 Å². The van der Waals surface area contributed by atoms with Crippen LogP contribution in [0.15, 0.2) is 28.0 Å². The van der Waals surface area contributed by atoms with Gasteiger partial charge in [-0.1, -0.05) is 6.07 Å². The molecule has 1 rings (SSSR count). The number of rotatable bonds is 3. The number of benzene rings is 1. The van der Waals surface area contributed by atoms with E-state index in [9.17, 15) is 13.2 Å². The summed E-state index contributed by atoms with van der Waals surface area (Å²) in [5.41, 5.74) is 0.534. The van der Waals surface area contributed by atoms with Crippen molar-refractivity contribution in [2.45, 2.75) is 16.7 Å². The molecule has 82 valence electrons. The zero-order chi connectivity index (χ0) is 11.6. The number of hydrogen-bond donors (Lipinski definition) is 0. The largest absolute Gasteiger partial charge is 0.295 e. The van der Waals surface area contributed by atoms with E-state index in [4.69, 9.17) is 0 Å². The first-order chi connectivity index (χ1) is 6.86. The molecule has 0 N–H and O–H groups in total. The van der Waals surface area contributed by atoms with Gasteiger partial charge in [-0.3, -0.25) is 4.79 Å². The third-order valence-electron chi connectivity index (χ3n) is 1.97. The van der Waals surface area contributed by atoms with E-state index >= 15 is 0 Å². The van der Waals surface area contributed by atoms with Gasteiger partial charge >= 0.3 is 0 Å². The third-order valence-corrected chi connectivity index (χ3v) is 4.03. The summed E-state index contributed by atoms with van der Waals surface area (Å²) in [5, 5.41) is 0. The van der Waals surface area contributed by atoms with E-state index in [0.717, 1.165) is 6.26 Å². The molecule has 0 amide bonds. The average molecular weight is 244 g/mol. The van der Waals surface area contributed by atoms with Crippen LogP contribution in [0.5, 0.6) is 0 Å². The van der Waals surface area contributed by atoms with Gasteiger partial charge in [0, 0.05) is 16.7 Å². The molecule has 3 nitrogen and oxygen atoms in total. The Bertz CT molecular complexity index is 489. The van der Waals surface area contributed by atoms with Crippen molar-refractivity contribution in [3.05, 3.63) is 23.8 Å². The van der Waals surface area contributed by atoms with Crippen LogP contribution in [0, 0.1) is 0 Å². The third kappa shape index (κ3) is 2.82. The summed E-state index contributed by atoms with van der Waals surface area (Å²) in [7, 11) is -3.22. The lowest BCUT2D eigenvalue weighted by molar-refractivity contribution is 0.101. The molecule has 0 unspecified atom stereocenters. The summed E-state index contributed by atoms with van der Waals surface area (Å²) in [6, 6.07) is 4.64. The van der Waals surface area contributed by atoms with E-state index < -0.39 is 9.84 Å². The molecule has 0 saturated carbocycles. The lowest BCUT2D eigenvalue weighted by Gasteiger charge is -2.06. The Hall–Kier alpha value is -0.810. The Labute approximate surface area is 93.8 Å². The second-order valence-electron chi connectivity index (χ2n) is 3.19. The fourth-order valence-corrected chi connectivity index (χ4v) is 3.15. The molecule has 15 heavy (non-hydrogen) atoms. The second kappa shape index (κ2) is 4.37. The molecule has 0 aliphatic rings. The van der Waals surface area contributed by atoms with E-state index in [1.807, 2.05) is 0 Å². The predicted octanol–water partition coefficient (Wildman–Crippen LogP) is 2.01. The fraction of sp³-hybridized carbons (Fsp3) is 0.300. The van der Waals surface area contributed by atoms with Gasteiger partial charge in [0.2, 0.25) is 0 Å². The Balaban J connectivity index is 3.40. The van der Waals surface area contributed by atoms with Gasteiger partial charge in [0.05, 0.1) is 4.90 Å². The lowest BCUT2D eigenvalue weighted by Crippen LogP contribution is -2.01. The number of Topliss-reactive ketones (excluding diaryl/α,β-unsaturated/α-hetero) is 1. The standard InChI is InChI=1S/C10H12O3S2/c1-7(11)8-4-5-10(15(3,12)13)9(6-8)14-2/h4-6H,1-3H3. The molecule has 0 atom stereocenters. The molecule has 5 heteroatoms. The maximum absolute atomic E-state index is 11.4. The maximum Gasteiger partial charge on any atom is 0.176 e. The smallest absolute Gasteiger partial charge is 0.176 e. The number of thioether (sulfide) groups is 1. The Morgan fingerprint density at radius 3 is 2.33 bits per heavy atom. The van der Waals surface area contributed by atoms with E-state index in [1.54, 1.807) is 18.4 Å². The fourth-order valence-electron chi connectivity index (χ4n) is 1.19. The van der Waals surface area contributed by atoms with Gasteiger partial charge in [-0.25, -0.2) is 8.42 Å². The minimum absolute atomic E-state index is 0.0645. The number of carbonyl (C=O) groups is 1. The molecule has 1 aromatic carbocycles. The zero-order valence-corrected chi connectivity index (χ0v) is 10.4. The predicted molar refractivity (Wildman–Crippen MR) is 61.3 cm³/mol. The van der Waals surface area contributed by atoms with Gasteiger partial charge in [-0.2, -0.15) is 0 Å². The Morgan fingerprint density at radius 1 is 1.33 bits per heavy atom. The van der Waals surface area contributed by atoms with Crippen LogP contribution in [0.3, 0.4) is 0 Å². The summed E-state index contributed by atoms with van der Waals surface area (Å²) >= 11 is 1.32. The summed E-state index contributed by atoms with van der Waals surface area (Å²) in [6.45, 7) is 1.46. The highest BCUT2D eigenvalue weighted by Crippen LogP contribution is 2.26.